The van der Waals surface area contributed by atoms with Crippen molar-refractivity contribution in [3.8, 4) is 5.75 Å². The Labute approximate surface area is 162 Å². The molecule has 2 N–H and O–H groups in total. The molecule has 1 aromatic carbocycles. The lowest BCUT2D eigenvalue weighted by Crippen LogP contribution is -2.32. The topological polar surface area (TPSA) is 87.3 Å². The molecule has 1 saturated carbocycles. The van der Waals surface area contributed by atoms with E-state index in [1.54, 1.807) is 14.1 Å². The van der Waals surface area contributed by atoms with Gasteiger partial charge in [0.05, 0.1) is 6.04 Å². The Hall–Kier alpha value is -3.11. The van der Waals surface area contributed by atoms with Crippen LogP contribution in [0, 0.1) is 11.7 Å². The molecule has 0 aliphatic heterocycles. The molecule has 0 saturated heterocycles. The van der Waals surface area contributed by atoms with Gasteiger partial charge in [0.2, 0.25) is 5.95 Å². The number of halogens is 4. The molecule has 7 nitrogen and oxygen atoms in total. The van der Waals surface area contributed by atoms with E-state index in [2.05, 4.69) is 20.0 Å². The van der Waals surface area contributed by atoms with Crippen molar-refractivity contribution >= 4 is 11.9 Å². The van der Waals surface area contributed by atoms with Gasteiger partial charge in [0.25, 0.3) is 11.5 Å². The van der Waals surface area contributed by atoms with Gasteiger partial charge < -0.3 is 15.0 Å². The summed E-state index contributed by atoms with van der Waals surface area (Å²) in [7, 11) is 3.28. The molecular formula is C18H18F4N4O3. The Morgan fingerprint density at radius 2 is 2.00 bits per heavy atom. The van der Waals surface area contributed by atoms with Crippen molar-refractivity contribution in [2.24, 2.45) is 5.92 Å². The van der Waals surface area contributed by atoms with Crippen LogP contribution in [-0.4, -0.2) is 36.3 Å². The molecule has 1 amide bonds. The van der Waals surface area contributed by atoms with Gasteiger partial charge in [-0.25, -0.2) is 9.37 Å². The number of rotatable bonds is 6. The summed E-state index contributed by atoms with van der Waals surface area (Å²) in [5, 5.41) is 2.70. The van der Waals surface area contributed by atoms with Crippen LogP contribution in [0.3, 0.4) is 0 Å². The second-order valence-electron chi connectivity index (χ2n) is 6.87. The highest BCUT2D eigenvalue weighted by atomic mass is 19.4. The summed E-state index contributed by atoms with van der Waals surface area (Å²) in [5.41, 5.74) is -0.345. The number of carbonyl (C=O) groups excluding carboxylic acids is 1. The third kappa shape index (κ3) is 5.24. The van der Waals surface area contributed by atoms with Gasteiger partial charge in [-0.1, -0.05) is 6.07 Å². The number of amides is 1. The molecule has 3 rings (SSSR count). The molecule has 1 fully saturated rings. The maximum atomic E-state index is 14.1. The highest BCUT2D eigenvalue weighted by Gasteiger charge is 2.36. The van der Waals surface area contributed by atoms with Gasteiger partial charge in [0.1, 0.15) is 5.69 Å². The van der Waals surface area contributed by atoms with Gasteiger partial charge in [-0.15, -0.1) is 13.2 Å². The van der Waals surface area contributed by atoms with Crippen LogP contribution < -0.4 is 20.5 Å². The van der Waals surface area contributed by atoms with E-state index >= 15 is 0 Å². The zero-order valence-electron chi connectivity index (χ0n) is 15.5. The summed E-state index contributed by atoms with van der Waals surface area (Å²) in [4.78, 5) is 32.4. The number of H-pyrrole nitrogens is 1. The molecule has 2 aromatic rings. The minimum atomic E-state index is -5.01. The number of carbonyl (C=O) groups is 1. The van der Waals surface area contributed by atoms with Gasteiger partial charge in [0.15, 0.2) is 11.6 Å². The highest BCUT2D eigenvalue weighted by Crippen LogP contribution is 2.42. The van der Waals surface area contributed by atoms with Gasteiger partial charge in [-0.2, -0.15) is 0 Å². The van der Waals surface area contributed by atoms with Gasteiger partial charge in [-0.3, -0.25) is 14.6 Å². The van der Waals surface area contributed by atoms with E-state index in [1.165, 1.54) is 11.0 Å². The van der Waals surface area contributed by atoms with Crippen LogP contribution in [0.15, 0.2) is 29.1 Å². The number of hydrogen-bond acceptors (Lipinski definition) is 5. The first kappa shape index (κ1) is 20.6. The number of anilines is 1. The second-order valence-corrected chi connectivity index (χ2v) is 6.87. The minimum Gasteiger partial charge on any atom is -0.403 e. The lowest BCUT2D eigenvalue weighted by atomic mass is 10.0. The molecule has 1 atom stereocenters. The van der Waals surface area contributed by atoms with E-state index in [-0.39, 0.29) is 17.6 Å². The smallest absolute Gasteiger partial charge is 0.403 e. The molecule has 0 unspecified atom stereocenters. The van der Waals surface area contributed by atoms with Gasteiger partial charge in [0, 0.05) is 20.2 Å². The first-order valence-electron chi connectivity index (χ1n) is 8.68. The molecule has 0 spiro atoms. The zero-order chi connectivity index (χ0) is 21.3. The summed E-state index contributed by atoms with van der Waals surface area (Å²) in [6.07, 6.45) is -3.49. The van der Waals surface area contributed by atoms with Crippen molar-refractivity contribution in [3.63, 3.8) is 0 Å². The third-order valence-corrected chi connectivity index (χ3v) is 4.31. The number of alkyl halides is 3. The molecule has 1 aromatic heterocycles. The number of nitrogens with one attached hydrogen (secondary N) is 2. The molecule has 1 aliphatic rings. The Bertz CT molecular complexity index is 970. The fourth-order valence-electron chi connectivity index (χ4n) is 2.81. The maximum absolute atomic E-state index is 14.1. The number of hydrogen-bond donors (Lipinski definition) is 2. The summed E-state index contributed by atoms with van der Waals surface area (Å²) in [6.45, 7) is 0. The van der Waals surface area contributed by atoms with Crippen LogP contribution in [-0.2, 0) is 0 Å². The van der Waals surface area contributed by atoms with Crippen LogP contribution in [0.1, 0.15) is 34.9 Å². The fraction of sp³-hybridized carbons (Fsp3) is 0.389. The van der Waals surface area contributed by atoms with E-state index in [0.29, 0.717) is 5.56 Å². The third-order valence-electron chi connectivity index (χ3n) is 4.31. The van der Waals surface area contributed by atoms with Crippen LogP contribution in [0.25, 0.3) is 0 Å². The number of ether oxygens (including phenoxy) is 1. The summed E-state index contributed by atoms with van der Waals surface area (Å²) in [5.74, 6) is -2.60. The number of aromatic nitrogens is 2. The number of aromatic amines is 1. The maximum Gasteiger partial charge on any atom is 0.573 e. The van der Waals surface area contributed by atoms with Crippen molar-refractivity contribution in [1.29, 1.82) is 0 Å². The highest BCUT2D eigenvalue weighted by molar-refractivity contribution is 5.92. The predicted octanol–water partition coefficient (Wildman–Crippen LogP) is 2.75. The van der Waals surface area contributed by atoms with E-state index in [9.17, 15) is 27.2 Å². The van der Waals surface area contributed by atoms with E-state index in [4.69, 9.17) is 0 Å². The molecule has 11 heteroatoms. The lowest BCUT2D eigenvalue weighted by molar-refractivity contribution is -0.275. The van der Waals surface area contributed by atoms with Crippen LogP contribution in [0.4, 0.5) is 23.5 Å². The quantitative estimate of drug-likeness (QED) is 0.710. The summed E-state index contributed by atoms with van der Waals surface area (Å²) in [6, 6.07) is 3.44. The molecular weight excluding hydrogens is 396 g/mol. The van der Waals surface area contributed by atoms with Crippen LogP contribution >= 0.6 is 0 Å². The van der Waals surface area contributed by atoms with E-state index in [0.717, 1.165) is 31.0 Å². The van der Waals surface area contributed by atoms with Crippen molar-refractivity contribution < 1.29 is 27.1 Å². The fourth-order valence-corrected chi connectivity index (χ4v) is 2.81. The van der Waals surface area contributed by atoms with Crippen molar-refractivity contribution in [3.05, 3.63) is 51.7 Å². The molecule has 0 radical (unpaired) electrons. The molecule has 156 valence electrons. The average molecular weight is 414 g/mol. The number of nitrogens with zero attached hydrogens (tertiary/aromatic N) is 2. The number of benzene rings is 1. The van der Waals surface area contributed by atoms with Crippen molar-refractivity contribution in [1.82, 2.24) is 15.3 Å². The largest absolute Gasteiger partial charge is 0.573 e. The zero-order valence-corrected chi connectivity index (χ0v) is 15.5. The predicted molar refractivity (Wildman–Crippen MR) is 95.2 cm³/mol. The SMILES string of the molecule is CN(C)c1nc(C(=O)N[C@@H](c2ccc(OC(F)(F)F)c(F)c2)C2CC2)cc(=O)[nH]1. The second kappa shape index (κ2) is 7.72. The summed E-state index contributed by atoms with van der Waals surface area (Å²) < 4.78 is 54.7. The Balaban J connectivity index is 1.84. The molecule has 1 aliphatic carbocycles. The normalized spacial score (nSPS) is 15.0. The van der Waals surface area contributed by atoms with Crippen molar-refractivity contribution in [2.45, 2.75) is 25.2 Å². The Morgan fingerprint density at radius 1 is 1.31 bits per heavy atom. The Morgan fingerprint density at radius 3 is 2.55 bits per heavy atom. The van der Waals surface area contributed by atoms with E-state index < -0.39 is 35.4 Å². The first-order chi connectivity index (χ1) is 13.5. The minimum absolute atomic E-state index is 0.00282. The molecule has 29 heavy (non-hydrogen) atoms. The summed E-state index contributed by atoms with van der Waals surface area (Å²) >= 11 is 0. The molecule has 1 heterocycles. The van der Waals surface area contributed by atoms with E-state index in [1.807, 2.05) is 0 Å². The van der Waals surface area contributed by atoms with Gasteiger partial charge in [-0.05, 0) is 36.5 Å². The lowest BCUT2D eigenvalue weighted by Gasteiger charge is -2.20. The van der Waals surface area contributed by atoms with Gasteiger partial charge >= 0.3 is 6.36 Å². The van der Waals surface area contributed by atoms with Crippen LogP contribution in [0.2, 0.25) is 0 Å². The molecule has 0 bridgehead atoms. The average Bonchev–Trinajstić information content (AvgIpc) is 3.44. The Kier molecular flexibility index (Phi) is 5.49. The standard InChI is InChI=1S/C18H18F4N4O3/c1-26(2)17-23-12(8-14(27)24-17)16(28)25-15(9-3-4-9)10-5-6-13(11(19)7-10)29-18(20,21)22/h5-9,15H,3-4H2,1-2H3,(H,25,28)(H,23,24,27)/t15-/m1/s1. The first-order valence-corrected chi connectivity index (χ1v) is 8.68. The van der Waals surface area contributed by atoms with Crippen molar-refractivity contribution in [2.75, 3.05) is 19.0 Å². The monoisotopic (exact) mass is 414 g/mol. The van der Waals surface area contributed by atoms with Crippen LogP contribution in [0.5, 0.6) is 5.75 Å².